The van der Waals surface area contributed by atoms with Crippen LogP contribution in [0.1, 0.15) is 40.9 Å². The van der Waals surface area contributed by atoms with Gasteiger partial charge in [-0.3, -0.25) is 9.59 Å². The molecule has 2 amide bonds. The number of benzene rings is 2. The number of aryl methyl sites for hydroxylation is 1. The van der Waals surface area contributed by atoms with Crippen LogP contribution < -0.4 is 10.6 Å². The van der Waals surface area contributed by atoms with E-state index in [1.165, 1.54) is 0 Å². The van der Waals surface area contributed by atoms with Gasteiger partial charge in [0, 0.05) is 10.0 Å². The SMILES string of the molecule is CCC(NC(=O)CNC(=O)c1ccccc1C)c1ccc(Br)cc1. The highest BCUT2D eigenvalue weighted by molar-refractivity contribution is 9.10. The molecule has 0 saturated heterocycles. The van der Waals surface area contributed by atoms with Crippen LogP contribution in [0.3, 0.4) is 0 Å². The molecule has 0 radical (unpaired) electrons. The van der Waals surface area contributed by atoms with Crippen molar-refractivity contribution in [3.05, 3.63) is 69.7 Å². The fourth-order valence-corrected chi connectivity index (χ4v) is 2.71. The van der Waals surface area contributed by atoms with Gasteiger partial charge in [-0.05, 0) is 42.7 Å². The Morgan fingerprint density at radius 3 is 2.38 bits per heavy atom. The van der Waals surface area contributed by atoms with Crippen molar-refractivity contribution in [2.45, 2.75) is 26.3 Å². The normalized spacial score (nSPS) is 11.6. The summed E-state index contributed by atoms with van der Waals surface area (Å²) < 4.78 is 0.998. The molecule has 24 heavy (non-hydrogen) atoms. The quantitative estimate of drug-likeness (QED) is 0.791. The number of rotatable bonds is 6. The summed E-state index contributed by atoms with van der Waals surface area (Å²) in [6.07, 6.45) is 0.777. The minimum absolute atomic E-state index is 0.0415. The number of carbonyl (C=O) groups excluding carboxylic acids is 2. The molecule has 0 spiro atoms. The summed E-state index contributed by atoms with van der Waals surface area (Å²) in [5, 5.41) is 5.63. The highest BCUT2D eigenvalue weighted by Crippen LogP contribution is 2.19. The topological polar surface area (TPSA) is 58.2 Å². The van der Waals surface area contributed by atoms with Gasteiger partial charge in [-0.1, -0.05) is 53.2 Å². The standard InChI is InChI=1S/C19H21BrN2O2/c1-3-17(14-8-10-15(20)11-9-14)22-18(23)12-21-19(24)16-7-5-4-6-13(16)2/h4-11,17H,3,12H2,1-2H3,(H,21,24)(H,22,23). The van der Waals surface area contributed by atoms with Crippen LogP contribution in [0.5, 0.6) is 0 Å². The van der Waals surface area contributed by atoms with Crippen LogP contribution in [0, 0.1) is 6.92 Å². The van der Waals surface area contributed by atoms with Crippen LogP contribution in [0.25, 0.3) is 0 Å². The Morgan fingerprint density at radius 2 is 1.75 bits per heavy atom. The maximum atomic E-state index is 12.1. The minimum atomic E-state index is -0.236. The lowest BCUT2D eigenvalue weighted by atomic mass is 10.0. The van der Waals surface area contributed by atoms with E-state index >= 15 is 0 Å². The van der Waals surface area contributed by atoms with Gasteiger partial charge in [0.1, 0.15) is 0 Å². The van der Waals surface area contributed by atoms with Gasteiger partial charge in [-0.25, -0.2) is 0 Å². The summed E-state index contributed by atoms with van der Waals surface area (Å²) >= 11 is 3.40. The lowest BCUT2D eigenvalue weighted by Gasteiger charge is -2.18. The Hall–Kier alpha value is -2.14. The molecule has 0 aromatic heterocycles. The summed E-state index contributed by atoms with van der Waals surface area (Å²) in [7, 11) is 0. The third-order valence-corrected chi connectivity index (χ3v) is 4.34. The Bertz CT molecular complexity index is 714. The Morgan fingerprint density at radius 1 is 1.08 bits per heavy atom. The summed E-state index contributed by atoms with van der Waals surface area (Å²) in [6.45, 7) is 3.84. The smallest absolute Gasteiger partial charge is 0.251 e. The van der Waals surface area contributed by atoms with Crippen LogP contribution >= 0.6 is 15.9 Å². The first-order valence-corrected chi connectivity index (χ1v) is 8.69. The monoisotopic (exact) mass is 388 g/mol. The molecule has 0 aliphatic rings. The molecule has 0 heterocycles. The van der Waals surface area contributed by atoms with Gasteiger partial charge >= 0.3 is 0 Å². The molecule has 4 nitrogen and oxygen atoms in total. The van der Waals surface area contributed by atoms with Crippen LogP contribution in [0.4, 0.5) is 0 Å². The van der Waals surface area contributed by atoms with Crippen LogP contribution in [0.15, 0.2) is 53.0 Å². The zero-order valence-electron chi connectivity index (χ0n) is 13.8. The predicted octanol–water partition coefficient (Wildman–Crippen LogP) is 3.75. The Labute approximate surface area is 150 Å². The average molecular weight is 389 g/mol. The Balaban J connectivity index is 1.91. The van der Waals surface area contributed by atoms with Gasteiger partial charge in [-0.2, -0.15) is 0 Å². The van der Waals surface area contributed by atoms with E-state index in [0.29, 0.717) is 5.56 Å². The van der Waals surface area contributed by atoms with E-state index in [-0.39, 0.29) is 24.4 Å². The number of amides is 2. The second-order valence-electron chi connectivity index (χ2n) is 5.58. The van der Waals surface area contributed by atoms with Crippen LogP contribution in [-0.4, -0.2) is 18.4 Å². The molecule has 5 heteroatoms. The fraction of sp³-hybridized carbons (Fsp3) is 0.263. The summed E-state index contributed by atoms with van der Waals surface area (Å²) in [5.74, 6) is -0.438. The van der Waals surface area contributed by atoms with Gasteiger partial charge in [-0.15, -0.1) is 0 Å². The minimum Gasteiger partial charge on any atom is -0.348 e. The number of hydrogen-bond acceptors (Lipinski definition) is 2. The third-order valence-electron chi connectivity index (χ3n) is 3.82. The van der Waals surface area contributed by atoms with E-state index in [0.717, 1.165) is 22.0 Å². The summed E-state index contributed by atoms with van der Waals surface area (Å²) in [5.41, 5.74) is 2.52. The molecule has 1 unspecified atom stereocenters. The van der Waals surface area contributed by atoms with E-state index in [2.05, 4.69) is 26.6 Å². The van der Waals surface area contributed by atoms with E-state index < -0.39 is 0 Å². The molecule has 0 saturated carbocycles. The zero-order chi connectivity index (χ0) is 17.5. The molecular weight excluding hydrogens is 368 g/mol. The molecule has 126 valence electrons. The third kappa shape index (κ3) is 4.93. The van der Waals surface area contributed by atoms with Gasteiger partial charge in [0.25, 0.3) is 5.91 Å². The first-order valence-electron chi connectivity index (χ1n) is 7.90. The first kappa shape index (κ1) is 18.2. The number of nitrogens with one attached hydrogen (secondary N) is 2. The van der Waals surface area contributed by atoms with Crippen molar-refractivity contribution >= 4 is 27.7 Å². The number of halogens is 1. The van der Waals surface area contributed by atoms with Gasteiger partial charge in [0.15, 0.2) is 0 Å². The van der Waals surface area contributed by atoms with Crippen molar-refractivity contribution < 1.29 is 9.59 Å². The van der Waals surface area contributed by atoms with Crippen LogP contribution in [-0.2, 0) is 4.79 Å². The highest BCUT2D eigenvalue weighted by Gasteiger charge is 2.14. The second-order valence-corrected chi connectivity index (χ2v) is 6.49. The fourth-order valence-electron chi connectivity index (χ4n) is 2.44. The van der Waals surface area contributed by atoms with E-state index in [9.17, 15) is 9.59 Å². The molecule has 2 aromatic carbocycles. The molecule has 2 rings (SSSR count). The largest absolute Gasteiger partial charge is 0.348 e. The van der Waals surface area contributed by atoms with Crippen molar-refractivity contribution in [1.82, 2.24) is 10.6 Å². The lowest BCUT2D eigenvalue weighted by Crippen LogP contribution is -2.38. The average Bonchev–Trinajstić information content (AvgIpc) is 2.59. The van der Waals surface area contributed by atoms with E-state index in [1.807, 2.05) is 56.3 Å². The van der Waals surface area contributed by atoms with Crippen molar-refractivity contribution in [1.29, 1.82) is 0 Å². The maximum absolute atomic E-state index is 12.1. The maximum Gasteiger partial charge on any atom is 0.251 e. The molecule has 0 aliphatic carbocycles. The Kier molecular flexibility index (Phi) is 6.55. The highest BCUT2D eigenvalue weighted by atomic mass is 79.9. The van der Waals surface area contributed by atoms with Gasteiger partial charge in [0.2, 0.25) is 5.91 Å². The zero-order valence-corrected chi connectivity index (χ0v) is 15.4. The number of carbonyl (C=O) groups is 2. The summed E-state index contributed by atoms with van der Waals surface area (Å²) in [6, 6.07) is 15.1. The van der Waals surface area contributed by atoms with Crippen molar-refractivity contribution in [3.63, 3.8) is 0 Å². The van der Waals surface area contributed by atoms with Crippen molar-refractivity contribution in [3.8, 4) is 0 Å². The first-order chi connectivity index (χ1) is 11.5. The molecule has 2 aromatic rings. The number of hydrogen-bond donors (Lipinski definition) is 2. The predicted molar refractivity (Wildman–Crippen MR) is 98.8 cm³/mol. The van der Waals surface area contributed by atoms with Crippen molar-refractivity contribution in [2.75, 3.05) is 6.54 Å². The van der Waals surface area contributed by atoms with Gasteiger partial charge in [0.05, 0.1) is 12.6 Å². The second kappa shape index (κ2) is 8.64. The lowest BCUT2D eigenvalue weighted by molar-refractivity contribution is -0.120. The molecule has 0 bridgehead atoms. The molecule has 0 aliphatic heterocycles. The van der Waals surface area contributed by atoms with Crippen LogP contribution in [0.2, 0.25) is 0 Å². The van der Waals surface area contributed by atoms with Crippen molar-refractivity contribution in [2.24, 2.45) is 0 Å². The van der Waals surface area contributed by atoms with Gasteiger partial charge < -0.3 is 10.6 Å². The molecule has 0 fully saturated rings. The van der Waals surface area contributed by atoms with E-state index in [1.54, 1.807) is 6.07 Å². The summed E-state index contributed by atoms with van der Waals surface area (Å²) in [4.78, 5) is 24.3. The molecular formula is C19H21BrN2O2. The van der Waals surface area contributed by atoms with E-state index in [4.69, 9.17) is 0 Å². The molecule has 2 N–H and O–H groups in total. The molecule has 1 atom stereocenters.